The average Bonchev–Trinajstić information content (AvgIpc) is 2.50. The molecule has 0 aromatic heterocycles. The van der Waals surface area contributed by atoms with E-state index in [1.807, 2.05) is 0 Å². The third kappa shape index (κ3) is 3.84. The summed E-state index contributed by atoms with van der Waals surface area (Å²) in [5, 5.41) is 6.97. The number of rotatable bonds is 4. The molecule has 3 rings (SSSR count). The predicted octanol–water partition coefficient (Wildman–Crippen LogP) is 1.97. The molecule has 3 heteroatoms. The van der Waals surface area contributed by atoms with Crippen LogP contribution in [-0.4, -0.2) is 37.1 Å². The molecule has 0 aliphatic carbocycles. The van der Waals surface area contributed by atoms with Gasteiger partial charge < -0.3 is 10.6 Å². The number of hydrogen-bond acceptors (Lipinski definition) is 3. The summed E-state index contributed by atoms with van der Waals surface area (Å²) >= 11 is 0. The topological polar surface area (TPSA) is 27.3 Å². The summed E-state index contributed by atoms with van der Waals surface area (Å²) in [6, 6.07) is 11.5. The first-order valence-corrected chi connectivity index (χ1v) is 7.80. The molecule has 20 heavy (non-hydrogen) atoms. The van der Waals surface area contributed by atoms with Crippen molar-refractivity contribution in [1.29, 1.82) is 0 Å². The van der Waals surface area contributed by atoms with E-state index in [0.29, 0.717) is 6.04 Å². The Hall–Kier alpha value is -1.32. The van der Waals surface area contributed by atoms with Gasteiger partial charge in [0.25, 0.3) is 0 Å². The Morgan fingerprint density at radius 2 is 2.05 bits per heavy atom. The highest BCUT2D eigenvalue weighted by Gasteiger charge is 2.22. The molecule has 0 saturated carbocycles. The van der Waals surface area contributed by atoms with Crippen LogP contribution in [0, 0.1) is 5.92 Å². The average molecular weight is 271 g/mol. The fourth-order valence-electron chi connectivity index (χ4n) is 3.25. The second kappa shape index (κ2) is 6.91. The molecule has 2 aliphatic rings. The van der Waals surface area contributed by atoms with Crippen molar-refractivity contribution in [3.63, 3.8) is 0 Å². The molecule has 2 aliphatic heterocycles. The van der Waals surface area contributed by atoms with E-state index in [9.17, 15) is 0 Å². The van der Waals surface area contributed by atoms with Crippen LogP contribution in [0.5, 0.6) is 0 Å². The van der Waals surface area contributed by atoms with Gasteiger partial charge in [-0.1, -0.05) is 36.4 Å². The van der Waals surface area contributed by atoms with Gasteiger partial charge in [-0.3, -0.25) is 4.90 Å². The number of benzene rings is 1. The van der Waals surface area contributed by atoms with Crippen molar-refractivity contribution in [3.05, 3.63) is 48.2 Å². The van der Waals surface area contributed by atoms with Gasteiger partial charge in [0.1, 0.15) is 0 Å². The first kappa shape index (κ1) is 13.7. The molecule has 1 unspecified atom stereocenters. The third-order valence-electron chi connectivity index (χ3n) is 4.32. The summed E-state index contributed by atoms with van der Waals surface area (Å²) in [5.74, 6) is 0.741. The molecular weight excluding hydrogens is 246 g/mol. The molecule has 1 fully saturated rings. The molecule has 0 amide bonds. The van der Waals surface area contributed by atoms with Crippen LogP contribution in [0.4, 0.5) is 0 Å². The Morgan fingerprint density at radius 3 is 2.85 bits per heavy atom. The van der Waals surface area contributed by atoms with Gasteiger partial charge in [-0.15, -0.1) is 0 Å². The first-order chi connectivity index (χ1) is 9.90. The minimum atomic E-state index is 0.639. The third-order valence-corrected chi connectivity index (χ3v) is 4.32. The van der Waals surface area contributed by atoms with E-state index in [4.69, 9.17) is 0 Å². The van der Waals surface area contributed by atoms with Gasteiger partial charge in [0.2, 0.25) is 0 Å². The smallest absolute Gasteiger partial charge is 0.0234 e. The fraction of sp³-hybridized carbons (Fsp3) is 0.529. The Kier molecular flexibility index (Phi) is 4.72. The highest BCUT2D eigenvalue weighted by molar-refractivity contribution is 5.14. The fourth-order valence-corrected chi connectivity index (χ4v) is 3.25. The molecule has 0 spiro atoms. The van der Waals surface area contributed by atoms with E-state index in [1.54, 1.807) is 0 Å². The second-order valence-corrected chi connectivity index (χ2v) is 5.97. The largest absolute Gasteiger partial charge is 0.391 e. The van der Waals surface area contributed by atoms with Crippen LogP contribution in [0.2, 0.25) is 0 Å². The molecule has 1 saturated heterocycles. The predicted molar refractivity (Wildman–Crippen MR) is 83.4 cm³/mol. The zero-order valence-electron chi connectivity index (χ0n) is 12.1. The second-order valence-electron chi connectivity index (χ2n) is 5.97. The monoisotopic (exact) mass is 271 g/mol. The Balaban J connectivity index is 1.51. The van der Waals surface area contributed by atoms with Crippen molar-refractivity contribution < 1.29 is 0 Å². The van der Waals surface area contributed by atoms with Crippen LogP contribution < -0.4 is 10.6 Å². The molecule has 1 aromatic carbocycles. The quantitative estimate of drug-likeness (QED) is 0.877. The summed E-state index contributed by atoms with van der Waals surface area (Å²) in [5.41, 5.74) is 1.43. The van der Waals surface area contributed by atoms with Crippen LogP contribution in [0.1, 0.15) is 18.4 Å². The van der Waals surface area contributed by atoms with Gasteiger partial charge in [-0.25, -0.2) is 0 Å². The van der Waals surface area contributed by atoms with Crippen molar-refractivity contribution in [2.24, 2.45) is 5.92 Å². The van der Waals surface area contributed by atoms with Crippen molar-refractivity contribution >= 4 is 0 Å². The lowest BCUT2D eigenvalue weighted by molar-refractivity contribution is 0.179. The van der Waals surface area contributed by atoms with Crippen LogP contribution in [-0.2, 0) is 6.54 Å². The standard InChI is InChI=1S/C17H25N3/c1-2-4-16(5-3-1)13-20-11-10-19-17(14-20)12-15-6-8-18-9-7-15/h1-6,8,15,17-19H,7,9-14H2/t15?,17-/m1/s1. The zero-order chi connectivity index (χ0) is 13.6. The minimum Gasteiger partial charge on any atom is -0.391 e. The highest BCUT2D eigenvalue weighted by atomic mass is 15.2. The molecule has 3 nitrogen and oxygen atoms in total. The lowest BCUT2D eigenvalue weighted by Gasteiger charge is -2.35. The molecular formula is C17H25N3. The first-order valence-electron chi connectivity index (χ1n) is 7.80. The summed E-state index contributed by atoms with van der Waals surface area (Å²) in [6.45, 7) is 5.66. The van der Waals surface area contributed by atoms with Gasteiger partial charge in [-0.2, -0.15) is 0 Å². The van der Waals surface area contributed by atoms with Gasteiger partial charge in [-0.05, 0) is 30.5 Å². The number of nitrogens with zero attached hydrogens (tertiary/aromatic N) is 1. The van der Waals surface area contributed by atoms with E-state index >= 15 is 0 Å². The molecule has 0 bridgehead atoms. The van der Waals surface area contributed by atoms with Crippen LogP contribution >= 0.6 is 0 Å². The molecule has 2 heterocycles. The summed E-state index contributed by atoms with van der Waals surface area (Å²) < 4.78 is 0. The van der Waals surface area contributed by atoms with Gasteiger partial charge in [0.05, 0.1) is 0 Å². The number of nitrogens with one attached hydrogen (secondary N) is 2. The maximum absolute atomic E-state index is 3.69. The van der Waals surface area contributed by atoms with E-state index in [0.717, 1.165) is 32.1 Å². The van der Waals surface area contributed by atoms with E-state index < -0.39 is 0 Å². The Bertz CT molecular complexity index is 429. The van der Waals surface area contributed by atoms with Crippen molar-refractivity contribution in [1.82, 2.24) is 15.5 Å². The van der Waals surface area contributed by atoms with Gasteiger partial charge in [0.15, 0.2) is 0 Å². The van der Waals surface area contributed by atoms with E-state index in [-0.39, 0.29) is 0 Å². The lowest BCUT2D eigenvalue weighted by atomic mass is 9.93. The number of piperazine rings is 1. The maximum Gasteiger partial charge on any atom is 0.0234 e. The van der Waals surface area contributed by atoms with E-state index in [2.05, 4.69) is 58.1 Å². The van der Waals surface area contributed by atoms with E-state index in [1.165, 1.54) is 24.9 Å². The molecule has 108 valence electrons. The van der Waals surface area contributed by atoms with Crippen molar-refractivity contribution in [2.75, 3.05) is 26.2 Å². The normalized spacial score (nSPS) is 27.2. The van der Waals surface area contributed by atoms with Crippen molar-refractivity contribution in [3.8, 4) is 0 Å². The van der Waals surface area contributed by atoms with Crippen LogP contribution in [0.3, 0.4) is 0 Å². The minimum absolute atomic E-state index is 0.639. The highest BCUT2D eigenvalue weighted by Crippen LogP contribution is 2.18. The van der Waals surface area contributed by atoms with Crippen LogP contribution in [0.25, 0.3) is 0 Å². The number of hydrogen-bond donors (Lipinski definition) is 2. The Morgan fingerprint density at radius 1 is 1.15 bits per heavy atom. The van der Waals surface area contributed by atoms with Gasteiger partial charge in [0, 0.05) is 38.8 Å². The SMILES string of the molecule is C1=CC(C[C@@H]2CN(Cc3ccccc3)CCN2)CCN1. The zero-order valence-corrected chi connectivity index (χ0v) is 12.1. The summed E-state index contributed by atoms with van der Waals surface area (Å²) in [7, 11) is 0. The maximum atomic E-state index is 3.69. The van der Waals surface area contributed by atoms with Crippen molar-refractivity contribution in [2.45, 2.75) is 25.4 Å². The summed E-state index contributed by atoms with van der Waals surface area (Å²) in [6.07, 6.45) is 7.00. The van der Waals surface area contributed by atoms with Gasteiger partial charge >= 0.3 is 0 Å². The lowest BCUT2D eigenvalue weighted by Crippen LogP contribution is -2.50. The molecule has 2 N–H and O–H groups in total. The summed E-state index contributed by atoms with van der Waals surface area (Å²) in [4.78, 5) is 2.58. The molecule has 0 radical (unpaired) electrons. The molecule has 2 atom stereocenters. The molecule has 1 aromatic rings. The van der Waals surface area contributed by atoms with Crippen LogP contribution in [0.15, 0.2) is 42.6 Å². The number of allylic oxidation sites excluding steroid dienone is 1. The Labute approximate surface area is 122 Å².